The highest BCUT2D eigenvalue weighted by atomic mass is 16.5. The molecule has 0 fully saturated rings. The molecule has 0 bridgehead atoms. The van der Waals surface area contributed by atoms with E-state index in [0.717, 1.165) is 30.4 Å². The smallest absolute Gasteiger partial charge is 0.196 e. The Kier molecular flexibility index (Phi) is 7.49. The van der Waals surface area contributed by atoms with Crippen molar-refractivity contribution in [3.05, 3.63) is 77.6 Å². The van der Waals surface area contributed by atoms with Crippen LogP contribution in [0.4, 0.5) is 5.69 Å². The third-order valence-corrected chi connectivity index (χ3v) is 4.62. The first-order chi connectivity index (χ1) is 14.5. The third-order valence-electron chi connectivity index (χ3n) is 4.62. The molecule has 0 atom stereocenters. The van der Waals surface area contributed by atoms with Gasteiger partial charge in [0.2, 0.25) is 0 Å². The molecule has 0 unspecified atom stereocenters. The van der Waals surface area contributed by atoms with E-state index in [4.69, 9.17) is 9.73 Å². The summed E-state index contributed by atoms with van der Waals surface area (Å²) >= 11 is 0. The van der Waals surface area contributed by atoms with Gasteiger partial charge in [0.05, 0.1) is 18.8 Å². The molecule has 0 spiro atoms. The average molecular weight is 406 g/mol. The number of benzene rings is 2. The quantitative estimate of drug-likeness (QED) is 0.433. The number of ether oxygens (including phenoxy) is 1. The van der Waals surface area contributed by atoms with Gasteiger partial charge < -0.3 is 15.4 Å². The van der Waals surface area contributed by atoms with Crippen LogP contribution in [0.3, 0.4) is 0 Å². The molecule has 3 rings (SSSR count). The zero-order chi connectivity index (χ0) is 21.3. The molecule has 158 valence electrons. The SMILES string of the molecule is Cc1ccccc1CN=C(NCCc1cnn(C)c1)Nc1ccc(OC(C)C)cc1. The van der Waals surface area contributed by atoms with E-state index in [1.165, 1.54) is 16.7 Å². The van der Waals surface area contributed by atoms with E-state index >= 15 is 0 Å². The van der Waals surface area contributed by atoms with Gasteiger partial charge in [-0.15, -0.1) is 0 Å². The lowest BCUT2D eigenvalue weighted by Gasteiger charge is -2.14. The Morgan fingerprint density at radius 2 is 1.90 bits per heavy atom. The Morgan fingerprint density at radius 1 is 1.13 bits per heavy atom. The van der Waals surface area contributed by atoms with Gasteiger partial charge in [-0.1, -0.05) is 24.3 Å². The van der Waals surface area contributed by atoms with Gasteiger partial charge in [-0.3, -0.25) is 4.68 Å². The average Bonchev–Trinajstić information content (AvgIpc) is 3.13. The van der Waals surface area contributed by atoms with E-state index in [0.29, 0.717) is 6.54 Å². The van der Waals surface area contributed by atoms with Crippen LogP contribution in [0.5, 0.6) is 5.75 Å². The van der Waals surface area contributed by atoms with Crippen molar-refractivity contribution in [3.63, 3.8) is 0 Å². The largest absolute Gasteiger partial charge is 0.491 e. The lowest BCUT2D eigenvalue weighted by atomic mass is 10.1. The molecule has 0 radical (unpaired) electrons. The summed E-state index contributed by atoms with van der Waals surface area (Å²) < 4.78 is 7.55. The van der Waals surface area contributed by atoms with Gasteiger partial charge in [-0.2, -0.15) is 5.10 Å². The monoisotopic (exact) mass is 405 g/mol. The Balaban J connectivity index is 1.67. The number of aliphatic imine (C=N–C) groups is 1. The summed E-state index contributed by atoms with van der Waals surface area (Å²) in [6.07, 6.45) is 4.96. The van der Waals surface area contributed by atoms with Crippen LogP contribution in [-0.4, -0.2) is 28.4 Å². The van der Waals surface area contributed by atoms with Gasteiger partial charge in [0.25, 0.3) is 0 Å². The summed E-state index contributed by atoms with van der Waals surface area (Å²) in [6.45, 7) is 7.54. The molecule has 0 amide bonds. The van der Waals surface area contributed by atoms with Crippen molar-refractivity contribution in [2.24, 2.45) is 12.0 Å². The molecule has 0 saturated heterocycles. The maximum Gasteiger partial charge on any atom is 0.196 e. The first-order valence-corrected chi connectivity index (χ1v) is 10.3. The summed E-state index contributed by atoms with van der Waals surface area (Å²) in [6, 6.07) is 16.3. The van der Waals surface area contributed by atoms with E-state index in [1.54, 1.807) is 0 Å². The number of hydrogen-bond donors (Lipinski definition) is 2. The van der Waals surface area contributed by atoms with Crippen molar-refractivity contribution in [1.29, 1.82) is 0 Å². The molecule has 2 aromatic carbocycles. The molecule has 0 saturated carbocycles. The van der Waals surface area contributed by atoms with Crippen molar-refractivity contribution < 1.29 is 4.74 Å². The first kappa shape index (κ1) is 21.4. The molecule has 0 aliphatic heterocycles. The second-order valence-electron chi connectivity index (χ2n) is 7.61. The maximum atomic E-state index is 5.73. The van der Waals surface area contributed by atoms with E-state index in [2.05, 4.69) is 40.9 Å². The predicted molar refractivity (Wildman–Crippen MR) is 123 cm³/mol. The standard InChI is InChI=1S/C24H31N5O/c1-18(2)30-23-11-9-22(10-12-23)28-24(25-14-13-20-15-27-29(4)17-20)26-16-21-8-6-5-7-19(21)3/h5-12,15,17-18H,13-14,16H2,1-4H3,(H2,25,26,28). The summed E-state index contributed by atoms with van der Waals surface area (Å²) in [4.78, 5) is 4.80. The van der Waals surface area contributed by atoms with Gasteiger partial charge in [-0.05, 0) is 68.1 Å². The zero-order valence-electron chi connectivity index (χ0n) is 18.2. The molecule has 0 aliphatic carbocycles. The summed E-state index contributed by atoms with van der Waals surface area (Å²) in [7, 11) is 1.93. The molecule has 2 N–H and O–H groups in total. The Hall–Kier alpha value is -3.28. The predicted octanol–water partition coefficient (Wildman–Crippen LogP) is 4.32. The molecular formula is C24H31N5O. The van der Waals surface area contributed by atoms with Crippen LogP contribution < -0.4 is 15.4 Å². The second-order valence-corrected chi connectivity index (χ2v) is 7.61. The number of guanidine groups is 1. The van der Waals surface area contributed by atoms with Crippen LogP contribution in [-0.2, 0) is 20.0 Å². The second kappa shape index (κ2) is 10.5. The topological polar surface area (TPSA) is 63.5 Å². The summed E-state index contributed by atoms with van der Waals surface area (Å²) in [5.41, 5.74) is 4.61. The molecule has 1 aromatic heterocycles. The van der Waals surface area contributed by atoms with Crippen molar-refractivity contribution >= 4 is 11.6 Å². The van der Waals surface area contributed by atoms with Crippen LogP contribution in [0.2, 0.25) is 0 Å². The van der Waals surface area contributed by atoms with E-state index < -0.39 is 0 Å². The van der Waals surface area contributed by atoms with Crippen molar-refractivity contribution in [3.8, 4) is 5.75 Å². The van der Waals surface area contributed by atoms with Gasteiger partial charge in [0.15, 0.2) is 5.96 Å². The van der Waals surface area contributed by atoms with Crippen molar-refractivity contribution in [2.45, 2.75) is 39.8 Å². The fraction of sp³-hybridized carbons (Fsp3) is 0.333. The van der Waals surface area contributed by atoms with Crippen LogP contribution in [0.15, 0.2) is 65.9 Å². The highest BCUT2D eigenvalue weighted by Gasteiger charge is 2.04. The number of nitrogens with zero attached hydrogens (tertiary/aromatic N) is 3. The van der Waals surface area contributed by atoms with Crippen LogP contribution >= 0.6 is 0 Å². The molecule has 0 aliphatic rings. The van der Waals surface area contributed by atoms with Crippen molar-refractivity contribution in [2.75, 3.05) is 11.9 Å². The number of anilines is 1. The van der Waals surface area contributed by atoms with E-state index in [1.807, 2.05) is 68.3 Å². The van der Waals surface area contributed by atoms with E-state index in [-0.39, 0.29) is 6.10 Å². The fourth-order valence-electron chi connectivity index (χ4n) is 3.04. The number of hydrogen-bond acceptors (Lipinski definition) is 3. The Labute approximate surface area is 179 Å². The summed E-state index contributed by atoms with van der Waals surface area (Å²) in [5, 5.41) is 11.1. The Morgan fingerprint density at radius 3 is 2.57 bits per heavy atom. The molecule has 30 heavy (non-hydrogen) atoms. The van der Waals surface area contributed by atoms with Gasteiger partial charge >= 0.3 is 0 Å². The first-order valence-electron chi connectivity index (χ1n) is 10.3. The molecule has 6 nitrogen and oxygen atoms in total. The molecular weight excluding hydrogens is 374 g/mol. The molecule has 3 aromatic rings. The molecule has 6 heteroatoms. The lowest BCUT2D eigenvalue weighted by molar-refractivity contribution is 0.242. The minimum Gasteiger partial charge on any atom is -0.491 e. The maximum absolute atomic E-state index is 5.73. The van der Waals surface area contributed by atoms with Crippen LogP contribution in [0, 0.1) is 6.92 Å². The number of nitrogens with one attached hydrogen (secondary N) is 2. The van der Waals surface area contributed by atoms with Gasteiger partial charge in [0, 0.05) is 25.5 Å². The highest BCUT2D eigenvalue weighted by molar-refractivity contribution is 5.93. The normalized spacial score (nSPS) is 11.6. The molecule has 1 heterocycles. The van der Waals surface area contributed by atoms with Crippen LogP contribution in [0.25, 0.3) is 0 Å². The van der Waals surface area contributed by atoms with Gasteiger partial charge in [-0.25, -0.2) is 4.99 Å². The zero-order valence-corrected chi connectivity index (χ0v) is 18.2. The fourth-order valence-corrected chi connectivity index (χ4v) is 3.04. The lowest BCUT2D eigenvalue weighted by Crippen LogP contribution is -2.32. The van der Waals surface area contributed by atoms with Gasteiger partial charge in [0.1, 0.15) is 5.75 Å². The van der Waals surface area contributed by atoms with E-state index in [9.17, 15) is 0 Å². The number of aryl methyl sites for hydroxylation is 2. The minimum atomic E-state index is 0.157. The minimum absolute atomic E-state index is 0.157. The highest BCUT2D eigenvalue weighted by Crippen LogP contribution is 2.17. The Bertz CT molecular complexity index is 960. The van der Waals surface area contributed by atoms with Crippen molar-refractivity contribution in [1.82, 2.24) is 15.1 Å². The number of aromatic nitrogens is 2. The number of rotatable bonds is 8. The van der Waals surface area contributed by atoms with Crippen LogP contribution in [0.1, 0.15) is 30.5 Å². The summed E-state index contributed by atoms with van der Waals surface area (Å²) in [5.74, 6) is 1.61. The third kappa shape index (κ3) is 6.65.